The van der Waals surface area contributed by atoms with E-state index in [1.807, 2.05) is 0 Å². The molecule has 0 radical (unpaired) electrons. The Morgan fingerprint density at radius 2 is 1.84 bits per heavy atom. The molecule has 1 fully saturated rings. The normalized spacial score (nSPS) is 20.3. The Labute approximate surface area is 111 Å². The van der Waals surface area contributed by atoms with Crippen LogP contribution < -0.4 is 4.72 Å². The van der Waals surface area contributed by atoms with Gasteiger partial charge in [0.15, 0.2) is 0 Å². The molecule has 1 aromatic carbocycles. The van der Waals surface area contributed by atoms with Crippen molar-refractivity contribution in [1.82, 2.24) is 4.72 Å². The molecule has 0 unspecified atom stereocenters. The summed E-state index contributed by atoms with van der Waals surface area (Å²) in [6.07, 6.45) is 0.494. The van der Waals surface area contributed by atoms with Gasteiger partial charge in [0.1, 0.15) is 15.7 Å². The highest BCUT2D eigenvalue weighted by molar-refractivity contribution is 7.91. The molecule has 0 atom stereocenters. The molecular formula is C11H14FNO4S2. The molecule has 0 saturated carbocycles. The van der Waals surface area contributed by atoms with E-state index in [9.17, 15) is 21.2 Å². The molecule has 0 spiro atoms. The van der Waals surface area contributed by atoms with Crippen molar-refractivity contribution in [3.63, 3.8) is 0 Å². The summed E-state index contributed by atoms with van der Waals surface area (Å²) < 4.78 is 61.9. The third-order valence-electron chi connectivity index (χ3n) is 2.98. The number of sulfone groups is 1. The van der Waals surface area contributed by atoms with Gasteiger partial charge in [-0.25, -0.2) is 25.9 Å². The standard InChI is InChI=1S/C11H14FNO4S2/c12-9-2-1-3-11(8-9)19(16,17)13-10-4-6-18(14,15)7-5-10/h1-3,8,10,13H,4-7H2. The molecule has 1 heterocycles. The van der Waals surface area contributed by atoms with Crippen LogP contribution in [0.25, 0.3) is 0 Å². The molecule has 19 heavy (non-hydrogen) atoms. The molecule has 106 valence electrons. The van der Waals surface area contributed by atoms with Gasteiger partial charge in [-0.2, -0.15) is 0 Å². The average molecular weight is 307 g/mol. The van der Waals surface area contributed by atoms with Crippen LogP contribution in [0.5, 0.6) is 0 Å². The van der Waals surface area contributed by atoms with Crippen LogP contribution in [0.15, 0.2) is 29.2 Å². The molecule has 1 aliphatic heterocycles. The van der Waals surface area contributed by atoms with Crippen molar-refractivity contribution in [3.05, 3.63) is 30.1 Å². The van der Waals surface area contributed by atoms with Crippen molar-refractivity contribution < 1.29 is 21.2 Å². The minimum absolute atomic E-state index is 0.0245. The van der Waals surface area contributed by atoms with E-state index >= 15 is 0 Å². The predicted molar refractivity (Wildman–Crippen MR) is 68.4 cm³/mol. The highest BCUT2D eigenvalue weighted by atomic mass is 32.2. The molecule has 8 heteroatoms. The summed E-state index contributed by atoms with van der Waals surface area (Å²) in [6.45, 7) is 0. The van der Waals surface area contributed by atoms with Crippen LogP contribution in [-0.4, -0.2) is 34.4 Å². The van der Waals surface area contributed by atoms with Gasteiger partial charge in [-0.3, -0.25) is 0 Å². The van der Waals surface area contributed by atoms with Gasteiger partial charge in [0, 0.05) is 6.04 Å². The number of rotatable bonds is 3. The van der Waals surface area contributed by atoms with Crippen molar-refractivity contribution in [2.24, 2.45) is 0 Å². The lowest BCUT2D eigenvalue weighted by Crippen LogP contribution is -2.40. The first-order chi connectivity index (χ1) is 8.78. The van der Waals surface area contributed by atoms with Crippen molar-refractivity contribution in [2.75, 3.05) is 11.5 Å². The fourth-order valence-corrected chi connectivity index (χ4v) is 4.76. The van der Waals surface area contributed by atoms with E-state index in [4.69, 9.17) is 0 Å². The summed E-state index contributed by atoms with van der Waals surface area (Å²) >= 11 is 0. The third-order valence-corrected chi connectivity index (χ3v) is 6.22. The van der Waals surface area contributed by atoms with Gasteiger partial charge in [-0.15, -0.1) is 0 Å². The Morgan fingerprint density at radius 3 is 2.42 bits per heavy atom. The highest BCUT2D eigenvalue weighted by Gasteiger charge is 2.27. The molecule has 1 saturated heterocycles. The molecule has 0 aromatic heterocycles. The molecule has 0 bridgehead atoms. The van der Waals surface area contributed by atoms with Gasteiger partial charge in [-0.05, 0) is 31.0 Å². The van der Waals surface area contributed by atoms with Crippen LogP contribution in [-0.2, 0) is 19.9 Å². The van der Waals surface area contributed by atoms with Gasteiger partial charge < -0.3 is 0 Å². The second kappa shape index (κ2) is 5.18. The average Bonchev–Trinajstić information content (AvgIpc) is 2.32. The maximum Gasteiger partial charge on any atom is 0.240 e. The maximum atomic E-state index is 13.0. The molecular weight excluding hydrogens is 293 g/mol. The van der Waals surface area contributed by atoms with E-state index in [1.54, 1.807) is 0 Å². The van der Waals surface area contributed by atoms with Gasteiger partial charge in [0.25, 0.3) is 0 Å². The van der Waals surface area contributed by atoms with Crippen LogP contribution in [0.3, 0.4) is 0 Å². The van der Waals surface area contributed by atoms with E-state index in [0.717, 1.165) is 12.1 Å². The highest BCUT2D eigenvalue weighted by Crippen LogP contribution is 2.16. The summed E-state index contributed by atoms with van der Waals surface area (Å²) in [5, 5.41) is 0. The van der Waals surface area contributed by atoms with Crippen LogP contribution in [0.1, 0.15) is 12.8 Å². The summed E-state index contributed by atoms with van der Waals surface area (Å²) in [6, 6.07) is 4.28. The summed E-state index contributed by atoms with van der Waals surface area (Å²) in [5.74, 6) is -0.679. The van der Waals surface area contributed by atoms with E-state index in [0.29, 0.717) is 0 Å². The first kappa shape index (κ1) is 14.4. The zero-order chi connectivity index (χ0) is 14.1. The summed E-state index contributed by atoms with van der Waals surface area (Å²) in [7, 11) is -6.84. The third kappa shape index (κ3) is 3.74. The van der Waals surface area contributed by atoms with Gasteiger partial charge >= 0.3 is 0 Å². The monoisotopic (exact) mass is 307 g/mol. The van der Waals surface area contributed by atoms with E-state index in [1.165, 1.54) is 12.1 Å². The molecule has 1 aromatic rings. The van der Waals surface area contributed by atoms with Crippen LogP contribution in [0.4, 0.5) is 4.39 Å². The Morgan fingerprint density at radius 1 is 1.21 bits per heavy atom. The minimum atomic E-state index is -3.80. The fourth-order valence-electron chi connectivity index (χ4n) is 1.93. The fraction of sp³-hybridized carbons (Fsp3) is 0.455. The summed E-state index contributed by atoms with van der Waals surface area (Å²) in [5.41, 5.74) is 0. The SMILES string of the molecule is O=S1(=O)CCC(NS(=O)(=O)c2cccc(F)c2)CC1. The van der Waals surface area contributed by atoms with E-state index in [2.05, 4.69) is 4.72 Å². The Balaban J connectivity index is 2.11. The summed E-state index contributed by atoms with van der Waals surface area (Å²) in [4.78, 5) is -0.152. The van der Waals surface area contributed by atoms with Crippen LogP contribution >= 0.6 is 0 Å². The van der Waals surface area contributed by atoms with Crippen molar-refractivity contribution in [2.45, 2.75) is 23.8 Å². The second-order valence-corrected chi connectivity index (χ2v) is 8.52. The molecule has 0 amide bonds. The first-order valence-electron chi connectivity index (χ1n) is 5.77. The molecule has 0 aliphatic carbocycles. The zero-order valence-electron chi connectivity index (χ0n) is 10.0. The van der Waals surface area contributed by atoms with Crippen LogP contribution in [0, 0.1) is 5.82 Å². The Bertz CT molecular complexity index is 656. The lowest BCUT2D eigenvalue weighted by molar-refractivity contribution is 0.505. The van der Waals surface area contributed by atoms with Crippen molar-refractivity contribution >= 4 is 19.9 Å². The number of hydrogen-bond acceptors (Lipinski definition) is 4. The second-order valence-electron chi connectivity index (χ2n) is 4.50. The Hall–Kier alpha value is -0.990. The topological polar surface area (TPSA) is 80.3 Å². The largest absolute Gasteiger partial charge is 0.240 e. The van der Waals surface area contributed by atoms with Crippen LogP contribution in [0.2, 0.25) is 0 Å². The number of sulfonamides is 1. The van der Waals surface area contributed by atoms with E-state index in [-0.39, 0.29) is 29.2 Å². The Kier molecular flexibility index (Phi) is 3.93. The lowest BCUT2D eigenvalue weighted by Gasteiger charge is -2.22. The van der Waals surface area contributed by atoms with Gasteiger partial charge in [-0.1, -0.05) is 6.07 Å². The maximum absolute atomic E-state index is 13.0. The van der Waals surface area contributed by atoms with Crippen molar-refractivity contribution in [3.8, 4) is 0 Å². The van der Waals surface area contributed by atoms with Gasteiger partial charge in [0.05, 0.1) is 16.4 Å². The molecule has 1 N–H and O–H groups in total. The first-order valence-corrected chi connectivity index (χ1v) is 9.07. The smallest absolute Gasteiger partial charge is 0.229 e. The van der Waals surface area contributed by atoms with E-state index < -0.39 is 31.7 Å². The number of nitrogens with one attached hydrogen (secondary N) is 1. The number of hydrogen-bond donors (Lipinski definition) is 1. The molecule has 5 nitrogen and oxygen atoms in total. The molecule has 2 rings (SSSR count). The minimum Gasteiger partial charge on any atom is -0.229 e. The zero-order valence-corrected chi connectivity index (χ0v) is 11.7. The number of halogens is 1. The number of benzene rings is 1. The quantitative estimate of drug-likeness (QED) is 0.890. The van der Waals surface area contributed by atoms with Crippen molar-refractivity contribution in [1.29, 1.82) is 0 Å². The predicted octanol–water partition coefficient (Wildman–Crippen LogP) is 0.681. The lowest BCUT2D eigenvalue weighted by atomic mass is 10.2. The van der Waals surface area contributed by atoms with Gasteiger partial charge in [0.2, 0.25) is 10.0 Å². The molecule has 1 aliphatic rings.